The number of anilines is 1. The molecule has 1 aliphatic heterocycles. The summed E-state index contributed by atoms with van der Waals surface area (Å²) in [6, 6.07) is 11.3. The van der Waals surface area contributed by atoms with E-state index < -0.39 is 0 Å². The first-order valence-electron chi connectivity index (χ1n) is 9.08. The van der Waals surface area contributed by atoms with E-state index in [1.807, 2.05) is 11.3 Å². The van der Waals surface area contributed by atoms with E-state index in [0.717, 1.165) is 5.58 Å². The van der Waals surface area contributed by atoms with Crippen LogP contribution in [0.15, 0.2) is 40.1 Å². The van der Waals surface area contributed by atoms with Crippen molar-refractivity contribution in [2.75, 3.05) is 4.90 Å². The van der Waals surface area contributed by atoms with Crippen LogP contribution in [0.5, 0.6) is 0 Å². The van der Waals surface area contributed by atoms with Crippen molar-refractivity contribution in [1.82, 2.24) is 0 Å². The van der Waals surface area contributed by atoms with E-state index in [2.05, 4.69) is 54.5 Å². The number of rotatable bonds is 1. The van der Waals surface area contributed by atoms with E-state index in [9.17, 15) is 0 Å². The van der Waals surface area contributed by atoms with Gasteiger partial charge in [0.15, 0.2) is 0 Å². The Morgan fingerprint density at radius 2 is 1.92 bits per heavy atom. The lowest BCUT2D eigenvalue weighted by molar-refractivity contribution is 0.285. The molecule has 124 valence electrons. The Kier molecular flexibility index (Phi) is 3.12. The van der Waals surface area contributed by atoms with E-state index >= 15 is 0 Å². The minimum Gasteiger partial charge on any atom is -0.458 e. The van der Waals surface area contributed by atoms with E-state index in [-0.39, 0.29) is 5.54 Å². The summed E-state index contributed by atoms with van der Waals surface area (Å²) in [6.45, 7) is 4.56. The lowest BCUT2D eigenvalue weighted by Gasteiger charge is -2.45. The molecular formula is C21H23NOS. The smallest absolute Gasteiger partial charge is 0.145 e. The third kappa shape index (κ3) is 1.76. The number of hydrogen-bond acceptors (Lipinski definition) is 3. The molecular weight excluding hydrogens is 314 g/mol. The molecule has 1 unspecified atom stereocenters. The second-order valence-corrected chi connectivity index (χ2v) is 8.30. The van der Waals surface area contributed by atoms with Gasteiger partial charge in [-0.05, 0) is 49.8 Å². The van der Waals surface area contributed by atoms with Gasteiger partial charge in [-0.3, -0.25) is 0 Å². The van der Waals surface area contributed by atoms with Crippen molar-refractivity contribution in [3.63, 3.8) is 0 Å². The van der Waals surface area contributed by atoms with Gasteiger partial charge in [0.1, 0.15) is 11.3 Å². The largest absolute Gasteiger partial charge is 0.458 e. The molecule has 5 rings (SSSR count). The Hall–Kier alpha value is -1.74. The first-order chi connectivity index (χ1) is 11.7. The second kappa shape index (κ2) is 5.13. The maximum Gasteiger partial charge on any atom is 0.145 e. The van der Waals surface area contributed by atoms with Crippen molar-refractivity contribution < 1.29 is 4.42 Å². The molecule has 0 N–H and O–H groups in total. The molecule has 0 amide bonds. The summed E-state index contributed by atoms with van der Waals surface area (Å²) in [5.41, 5.74) is 5.45. The Morgan fingerprint density at radius 1 is 1.12 bits per heavy atom. The molecule has 2 aromatic heterocycles. The van der Waals surface area contributed by atoms with Crippen molar-refractivity contribution >= 4 is 27.3 Å². The molecule has 3 heteroatoms. The highest BCUT2D eigenvalue weighted by atomic mass is 32.1. The van der Waals surface area contributed by atoms with Crippen molar-refractivity contribution in [2.24, 2.45) is 0 Å². The first kappa shape index (κ1) is 14.6. The summed E-state index contributed by atoms with van der Waals surface area (Å²) in [4.78, 5) is 2.69. The molecule has 0 radical (unpaired) electrons. The quantitative estimate of drug-likeness (QED) is 0.501. The van der Waals surface area contributed by atoms with Gasteiger partial charge in [-0.2, -0.15) is 0 Å². The number of benzene rings is 1. The van der Waals surface area contributed by atoms with Crippen LogP contribution >= 0.6 is 11.3 Å². The van der Waals surface area contributed by atoms with Crippen LogP contribution in [0.1, 0.15) is 62.0 Å². The van der Waals surface area contributed by atoms with E-state index in [4.69, 9.17) is 4.42 Å². The third-order valence-electron chi connectivity index (χ3n) is 6.07. The number of thiophene rings is 1. The van der Waals surface area contributed by atoms with Crippen molar-refractivity contribution in [1.29, 1.82) is 0 Å². The van der Waals surface area contributed by atoms with Crippen LogP contribution in [0.2, 0.25) is 0 Å². The molecule has 1 aliphatic carbocycles. The Morgan fingerprint density at radius 3 is 2.71 bits per heavy atom. The van der Waals surface area contributed by atoms with Crippen molar-refractivity contribution in [3.8, 4) is 0 Å². The molecule has 1 aromatic carbocycles. The topological polar surface area (TPSA) is 16.4 Å². The molecule has 2 aliphatic rings. The molecule has 3 aromatic rings. The number of aryl methyl sites for hydroxylation is 1. The highest BCUT2D eigenvalue weighted by molar-refractivity contribution is 7.17. The minimum atomic E-state index is 0.120. The first-order valence-corrected chi connectivity index (χ1v) is 9.96. The van der Waals surface area contributed by atoms with Gasteiger partial charge in [0, 0.05) is 11.3 Å². The molecule has 0 saturated heterocycles. The van der Waals surface area contributed by atoms with E-state index in [0.29, 0.717) is 6.04 Å². The van der Waals surface area contributed by atoms with Crippen LogP contribution in [-0.2, 0) is 5.54 Å². The zero-order chi connectivity index (χ0) is 16.3. The van der Waals surface area contributed by atoms with Crippen LogP contribution < -0.4 is 4.90 Å². The Labute approximate surface area is 147 Å². The summed E-state index contributed by atoms with van der Waals surface area (Å²) in [5, 5.41) is 2.17. The molecule has 1 fully saturated rings. The van der Waals surface area contributed by atoms with Gasteiger partial charge in [0.2, 0.25) is 0 Å². The van der Waals surface area contributed by atoms with Crippen LogP contribution in [0.25, 0.3) is 10.3 Å². The molecule has 1 atom stereocenters. The maximum absolute atomic E-state index is 6.35. The SMILES string of the molecule is Cc1ccccc1N1C(C)c2oc3ccsc3c2C12CCCCC2. The zero-order valence-electron chi connectivity index (χ0n) is 14.3. The van der Waals surface area contributed by atoms with Crippen LogP contribution in [0.4, 0.5) is 5.69 Å². The van der Waals surface area contributed by atoms with Gasteiger partial charge in [0.25, 0.3) is 0 Å². The lowest BCUT2D eigenvalue weighted by atomic mass is 9.77. The average Bonchev–Trinajstić information content (AvgIpc) is 3.22. The molecule has 1 spiro atoms. The van der Waals surface area contributed by atoms with Crippen LogP contribution in [0, 0.1) is 6.92 Å². The highest BCUT2D eigenvalue weighted by Gasteiger charge is 2.53. The van der Waals surface area contributed by atoms with Gasteiger partial charge in [-0.1, -0.05) is 37.5 Å². The third-order valence-corrected chi connectivity index (χ3v) is 6.98. The average molecular weight is 337 g/mol. The lowest BCUT2D eigenvalue weighted by Crippen LogP contribution is -2.44. The standard InChI is InChI=1S/C21H23NOS/c1-14-8-4-5-9-16(14)22-15(2)19-18(20-17(23-19)10-13-24-20)21(22)11-6-3-7-12-21/h4-5,8-10,13,15H,3,6-7,11-12H2,1-2H3. The summed E-state index contributed by atoms with van der Waals surface area (Å²) < 4.78 is 7.73. The fourth-order valence-corrected chi connectivity index (χ4v) is 6.05. The highest BCUT2D eigenvalue weighted by Crippen LogP contribution is 2.59. The number of fused-ring (bicyclic) bond motifs is 4. The van der Waals surface area contributed by atoms with E-state index in [1.54, 1.807) is 0 Å². The van der Waals surface area contributed by atoms with Gasteiger partial charge in [-0.25, -0.2) is 0 Å². The minimum absolute atomic E-state index is 0.120. The van der Waals surface area contributed by atoms with Gasteiger partial charge >= 0.3 is 0 Å². The number of hydrogen-bond donors (Lipinski definition) is 0. The summed E-state index contributed by atoms with van der Waals surface area (Å²) in [6.07, 6.45) is 6.47. The van der Waals surface area contributed by atoms with Crippen LogP contribution in [-0.4, -0.2) is 0 Å². The fourth-order valence-electron chi connectivity index (χ4n) is 5.09. The molecule has 2 nitrogen and oxygen atoms in total. The fraction of sp³-hybridized carbons (Fsp3) is 0.429. The van der Waals surface area contributed by atoms with E-state index in [1.165, 1.54) is 59.4 Å². The predicted octanol–water partition coefficient (Wildman–Crippen LogP) is 6.54. The Bertz CT molecular complexity index is 900. The molecule has 1 saturated carbocycles. The van der Waals surface area contributed by atoms with Gasteiger partial charge in [-0.15, -0.1) is 11.3 Å². The molecule has 3 heterocycles. The normalized spacial score (nSPS) is 22.4. The molecule has 24 heavy (non-hydrogen) atoms. The van der Waals surface area contributed by atoms with Crippen LogP contribution in [0.3, 0.4) is 0 Å². The maximum atomic E-state index is 6.35. The number of para-hydroxylation sites is 1. The summed E-state index contributed by atoms with van der Waals surface area (Å²) in [5.74, 6) is 1.21. The number of nitrogens with zero attached hydrogens (tertiary/aromatic N) is 1. The zero-order valence-corrected chi connectivity index (χ0v) is 15.2. The van der Waals surface area contributed by atoms with Gasteiger partial charge in [0.05, 0.1) is 16.3 Å². The number of furan rings is 1. The predicted molar refractivity (Wildman–Crippen MR) is 101 cm³/mol. The summed E-state index contributed by atoms with van der Waals surface area (Å²) in [7, 11) is 0. The monoisotopic (exact) mass is 337 g/mol. The molecule has 0 bridgehead atoms. The van der Waals surface area contributed by atoms with Crippen molar-refractivity contribution in [2.45, 2.75) is 57.5 Å². The van der Waals surface area contributed by atoms with Gasteiger partial charge < -0.3 is 9.32 Å². The second-order valence-electron chi connectivity index (χ2n) is 7.38. The Balaban J connectivity index is 1.78. The summed E-state index contributed by atoms with van der Waals surface area (Å²) >= 11 is 1.85. The van der Waals surface area contributed by atoms with Crippen molar-refractivity contribution in [3.05, 3.63) is 52.6 Å².